The molecular weight excluding hydrogens is 320 g/mol. The van der Waals surface area contributed by atoms with E-state index in [1.807, 2.05) is 18.3 Å². The third kappa shape index (κ3) is 4.35. The Hall–Kier alpha value is -0.810. The van der Waals surface area contributed by atoms with Gasteiger partial charge in [-0.05, 0) is 31.4 Å². The number of aromatic nitrogens is 1. The Morgan fingerprint density at radius 1 is 1.35 bits per heavy atom. The lowest BCUT2D eigenvalue weighted by atomic mass is 10.1. The number of hydrogen-bond donors (Lipinski definition) is 0. The topological polar surface area (TPSA) is 34.6 Å². The molecule has 1 aliphatic heterocycles. The first-order valence-corrected chi connectivity index (χ1v) is 8.47. The summed E-state index contributed by atoms with van der Waals surface area (Å²) in [5.41, 5.74) is 0. The number of rotatable bonds is 7. The van der Waals surface area contributed by atoms with Gasteiger partial charge in [-0.1, -0.05) is 22.9 Å². The number of nitrogens with zero attached hydrogens (tertiary/aromatic N) is 2. The van der Waals surface area contributed by atoms with E-state index in [9.17, 15) is 0 Å². The molecule has 0 atom stereocenters. The molecule has 0 bridgehead atoms. The fourth-order valence-electron chi connectivity index (χ4n) is 2.39. The second-order valence-electron chi connectivity index (χ2n) is 4.92. The Balaban J connectivity index is 1.92. The third-order valence-electron chi connectivity index (χ3n) is 3.38. The SMILES string of the molecule is CCCOc1cccnc1N1CCC(OCCBr)CC1. The number of pyridine rings is 1. The van der Waals surface area contributed by atoms with E-state index in [0.29, 0.717) is 6.10 Å². The summed E-state index contributed by atoms with van der Waals surface area (Å²) >= 11 is 3.40. The normalized spacial score (nSPS) is 16.4. The van der Waals surface area contributed by atoms with Gasteiger partial charge in [-0.25, -0.2) is 4.98 Å². The molecule has 1 aliphatic rings. The summed E-state index contributed by atoms with van der Waals surface area (Å²) in [4.78, 5) is 6.80. The number of alkyl halides is 1. The van der Waals surface area contributed by atoms with Crippen molar-refractivity contribution in [3.8, 4) is 5.75 Å². The highest BCUT2D eigenvalue weighted by Gasteiger charge is 2.22. The smallest absolute Gasteiger partial charge is 0.171 e. The zero-order chi connectivity index (χ0) is 14.2. The number of piperidine rings is 1. The number of halogens is 1. The Bertz CT molecular complexity index is 395. The van der Waals surface area contributed by atoms with Gasteiger partial charge in [0.2, 0.25) is 0 Å². The number of hydrogen-bond acceptors (Lipinski definition) is 4. The van der Waals surface area contributed by atoms with Gasteiger partial charge in [0.25, 0.3) is 0 Å². The monoisotopic (exact) mass is 342 g/mol. The summed E-state index contributed by atoms with van der Waals surface area (Å²) in [5, 5.41) is 0.905. The molecule has 1 aromatic heterocycles. The van der Waals surface area contributed by atoms with E-state index >= 15 is 0 Å². The molecule has 1 saturated heterocycles. The van der Waals surface area contributed by atoms with Gasteiger partial charge in [0, 0.05) is 24.6 Å². The predicted octanol–water partition coefficient (Wildman–Crippen LogP) is 3.25. The third-order valence-corrected chi connectivity index (χ3v) is 3.71. The molecule has 0 N–H and O–H groups in total. The van der Waals surface area contributed by atoms with Crippen molar-refractivity contribution in [3.63, 3.8) is 0 Å². The minimum absolute atomic E-state index is 0.382. The van der Waals surface area contributed by atoms with Crippen LogP contribution in [0.5, 0.6) is 5.75 Å². The average molecular weight is 343 g/mol. The van der Waals surface area contributed by atoms with Gasteiger partial charge in [-0.3, -0.25) is 0 Å². The summed E-state index contributed by atoms with van der Waals surface area (Å²) < 4.78 is 11.6. The first-order valence-electron chi connectivity index (χ1n) is 7.35. The van der Waals surface area contributed by atoms with Crippen molar-refractivity contribution in [1.82, 2.24) is 4.98 Å². The van der Waals surface area contributed by atoms with Crippen LogP contribution in [0, 0.1) is 0 Å². The van der Waals surface area contributed by atoms with E-state index in [4.69, 9.17) is 9.47 Å². The van der Waals surface area contributed by atoms with Crippen molar-refractivity contribution in [3.05, 3.63) is 18.3 Å². The number of ether oxygens (including phenoxy) is 2. The fraction of sp³-hybridized carbons (Fsp3) is 0.667. The Kier molecular flexibility index (Phi) is 6.60. The van der Waals surface area contributed by atoms with Crippen LogP contribution in [-0.4, -0.2) is 42.7 Å². The Labute approximate surface area is 129 Å². The lowest BCUT2D eigenvalue weighted by Crippen LogP contribution is -2.38. The van der Waals surface area contributed by atoms with Crippen LogP contribution in [0.15, 0.2) is 18.3 Å². The molecule has 0 unspecified atom stereocenters. The van der Waals surface area contributed by atoms with Gasteiger partial charge in [0.15, 0.2) is 11.6 Å². The first-order chi connectivity index (χ1) is 9.85. The van der Waals surface area contributed by atoms with Crippen molar-refractivity contribution in [1.29, 1.82) is 0 Å². The maximum absolute atomic E-state index is 5.79. The van der Waals surface area contributed by atoms with Crippen molar-refractivity contribution < 1.29 is 9.47 Å². The van der Waals surface area contributed by atoms with E-state index in [0.717, 1.165) is 62.5 Å². The predicted molar refractivity (Wildman–Crippen MR) is 85.0 cm³/mol. The fourth-order valence-corrected chi connectivity index (χ4v) is 2.58. The summed E-state index contributed by atoms with van der Waals surface area (Å²) in [6, 6.07) is 3.94. The lowest BCUT2D eigenvalue weighted by Gasteiger charge is -2.33. The van der Waals surface area contributed by atoms with E-state index in [2.05, 4.69) is 32.7 Å². The van der Waals surface area contributed by atoms with Gasteiger partial charge in [-0.2, -0.15) is 0 Å². The van der Waals surface area contributed by atoms with Crippen LogP contribution >= 0.6 is 15.9 Å². The molecule has 112 valence electrons. The molecule has 5 heteroatoms. The second kappa shape index (κ2) is 8.47. The molecule has 0 saturated carbocycles. The van der Waals surface area contributed by atoms with Crippen LogP contribution in [0.1, 0.15) is 26.2 Å². The van der Waals surface area contributed by atoms with Crippen molar-refractivity contribution in [2.24, 2.45) is 0 Å². The molecule has 0 spiro atoms. The van der Waals surface area contributed by atoms with E-state index in [1.165, 1.54) is 0 Å². The molecule has 4 nitrogen and oxygen atoms in total. The second-order valence-corrected chi connectivity index (χ2v) is 5.71. The molecular formula is C15H23BrN2O2. The molecule has 1 aromatic rings. The zero-order valence-electron chi connectivity index (χ0n) is 12.1. The number of anilines is 1. The standard InChI is InChI=1S/C15H23BrN2O2/c1-2-11-20-14-4-3-8-17-15(14)18-9-5-13(6-10-18)19-12-7-16/h3-4,8,13H,2,5-7,9-12H2,1H3. The highest BCUT2D eigenvalue weighted by molar-refractivity contribution is 9.09. The van der Waals surface area contributed by atoms with Crippen LogP contribution in [0.2, 0.25) is 0 Å². The van der Waals surface area contributed by atoms with E-state index in [-0.39, 0.29) is 0 Å². The van der Waals surface area contributed by atoms with Crippen molar-refractivity contribution in [2.45, 2.75) is 32.3 Å². The van der Waals surface area contributed by atoms with E-state index in [1.54, 1.807) is 0 Å². The quantitative estimate of drug-likeness (QED) is 0.712. The molecule has 2 heterocycles. The summed E-state index contributed by atoms with van der Waals surface area (Å²) in [7, 11) is 0. The highest BCUT2D eigenvalue weighted by Crippen LogP contribution is 2.28. The Morgan fingerprint density at radius 2 is 2.15 bits per heavy atom. The molecule has 0 amide bonds. The van der Waals surface area contributed by atoms with Crippen LogP contribution in [0.4, 0.5) is 5.82 Å². The maximum atomic E-state index is 5.79. The largest absolute Gasteiger partial charge is 0.490 e. The van der Waals surface area contributed by atoms with Crippen molar-refractivity contribution in [2.75, 3.05) is 36.5 Å². The zero-order valence-corrected chi connectivity index (χ0v) is 13.6. The van der Waals surface area contributed by atoms with Gasteiger partial charge in [0.1, 0.15) is 0 Å². The summed E-state index contributed by atoms with van der Waals surface area (Å²) in [5.74, 6) is 1.87. The van der Waals surface area contributed by atoms with Gasteiger partial charge < -0.3 is 14.4 Å². The highest BCUT2D eigenvalue weighted by atomic mass is 79.9. The molecule has 0 aliphatic carbocycles. The minimum atomic E-state index is 0.382. The molecule has 2 rings (SSSR count). The van der Waals surface area contributed by atoms with E-state index < -0.39 is 0 Å². The van der Waals surface area contributed by atoms with Crippen LogP contribution in [0.3, 0.4) is 0 Å². The van der Waals surface area contributed by atoms with Crippen LogP contribution in [0.25, 0.3) is 0 Å². The van der Waals surface area contributed by atoms with Crippen molar-refractivity contribution >= 4 is 21.7 Å². The summed E-state index contributed by atoms with van der Waals surface area (Å²) in [6.45, 7) is 5.60. The summed E-state index contributed by atoms with van der Waals surface area (Å²) in [6.07, 6.45) is 5.33. The average Bonchev–Trinajstić information content (AvgIpc) is 2.52. The maximum Gasteiger partial charge on any atom is 0.171 e. The Morgan fingerprint density at radius 3 is 2.85 bits per heavy atom. The molecule has 0 aromatic carbocycles. The minimum Gasteiger partial charge on any atom is -0.490 e. The van der Waals surface area contributed by atoms with Crippen LogP contribution < -0.4 is 9.64 Å². The molecule has 20 heavy (non-hydrogen) atoms. The molecule has 1 fully saturated rings. The van der Waals surface area contributed by atoms with Gasteiger partial charge in [-0.15, -0.1) is 0 Å². The first kappa shape index (κ1) is 15.6. The van der Waals surface area contributed by atoms with Gasteiger partial charge in [0.05, 0.1) is 19.3 Å². The molecule has 0 radical (unpaired) electrons. The lowest BCUT2D eigenvalue weighted by molar-refractivity contribution is 0.0479. The van der Waals surface area contributed by atoms with Gasteiger partial charge >= 0.3 is 0 Å². The van der Waals surface area contributed by atoms with Crippen LogP contribution in [-0.2, 0) is 4.74 Å².